The molecule has 0 radical (unpaired) electrons. The first-order chi connectivity index (χ1) is 13.8. The zero-order valence-corrected chi connectivity index (χ0v) is 18.1. The Balaban J connectivity index is 1.61. The van der Waals surface area contributed by atoms with E-state index in [1.165, 1.54) is 28.7 Å². The molecular formula is C20H24N2O5S2. The minimum absolute atomic E-state index is 0.00464. The third kappa shape index (κ3) is 5.63. The van der Waals surface area contributed by atoms with Crippen molar-refractivity contribution >= 4 is 43.9 Å². The van der Waals surface area contributed by atoms with Gasteiger partial charge in [0.05, 0.1) is 22.9 Å². The van der Waals surface area contributed by atoms with Gasteiger partial charge in [0.1, 0.15) is 6.61 Å². The molecule has 0 spiro atoms. The second kappa shape index (κ2) is 9.04. The Kier molecular flexibility index (Phi) is 6.69. The van der Waals surface area contributed by atoms with Gasteiger partial charge in [-0.3, -0.25) is 14.5 Å². The number of aryl methyl sites for hydroxylation is 1. The van der Waals surface area contributed by atoms with Crippen LogP contribution in [0.2, 0.25) is 0 Å². The minimum Gasteiger partial charge on any atom is -0.459 e. The molecule has 3 rings (SSSR count). The number of esters is 1. The zero-order valence-electron chi connectivity index (χ0n) is 16.5. The number of nitrogens with zero attached hydrogens (tertiary/aromatic N) is 2. The first-order valence-corrected chi connectivity index (χ1v) is 12.2. The number of sulfone groups is 1. The Morgan fingerprint density at radius 1 is 1.28 bits per heavy atom. The number of hydrogen-bond acceptors (Lipinski definition) is 7. The molecule has 9 heteroatoms. The summed E-state index contributed by atoms with van der Waals surface area (Å²) < 4.78 is 28.2. The van der Waals surface area contributed by atoms with E-state index in [0.717, 1.165) is 12.1 Å². The highest BCUT2D eigenvalue weighted by Crippen LogP contribution is 2.29. The molecule has 0 bridgehead atoms. The van der Waals surface area contributed by atoms with Gasteiger partial charge in [0.15, 0.2) is 15.0 Å². The number of ether oxygens (including phenoxy) is 1. The second-order valence-corrected chi connectivity index (χ2v) is 10.2. The van der Waals surface area contributed by atoms with E-state index in [9.17, 15) is 18.0 Å². The highest BCUT2D eigenvalue weighted by atomic mass is 32.2. The van der Waals surface area contributed by atoms with Crippen molar-refractivity contribution in [3.8, 4) is 0 Å². The van der Waals surface area contributed by atoms with Crippen molar-refractivity contribution in [2.24, 2.45) is 5.92 Å². The summed E-state index contributed by atoms with van der Waals surface area (Å²) in [6.45, 7) is 3.54. The van der Waals surface area contributed by atoms with Crippen LogP contribution in [0.5, 0.6) is 0 Å². The molecule has 1 aliphatic heterocycles. The van der Waals surface area contributed by atoms with Crippen LogP contribution in [0.1, 0.15) is 37.9 Å². The monoisotopic (exact) mass is 436 g/mol. The van der Waals surface area contributed by atoms with Crippen LogP contribution < -0.4 is 4.90 Å². The maximum atomic E-state index is 12.2. The van der Waals surface area contributed by atoms with Gasteiger partial charge in [-0.2, -0.15) is 0 Å². The quantitative estimate of drug-likeness (QED) is 0.619. The third-order valence-electron chi connectivity index (χ3n) is 4.81. The van der Waals surface area contributed by atoms with Gasteiger partial charge in [-0.1, -0.05) is 19.1 Å². The molecular weight excluding hydrogens is 412 g/mol. The standard InChI is InChI=1S/C20H24N2O5S2/c1-3-15-4-6-18(7-5-15)22(14(2)23)20-21-17(12-28-20)11-27-19(24)10-16-8-9-29(25,26)13-16/h4-7,12,16H,3,8-11,13H2,1-2H3. The molecule has 0 aliphatic carbocycles. The predicted octanol–water partition coefficient (Wildman–Crippen LogP) is 3.26. The molecule has 7 nitrogen and oxygen atoms in total. The molecule has 1 amide bonds. The van der Waals surface area contributed by atoms with Crippen LogP contribution >= 0.6 is 11.3 Å². The summed E-state index contributed by atoms with van der Waals surface area (Å²) >= 11 is 1.30. The molecule has 1 atom stereocenters. The Morgan fingerprint density at radius 2 is 2.00 bits per heavy atom. The molecule has 1 fully saturated rings. The van der Waals surface area contributed by atoms with Crippen LogP contribution in [0, 0.1) is 5.92 Å². The highest BCUT2D eigenvalue weighted by Gasteiger charge is 2.30. The minimum atomic E-state index is -3.01. The Morgan fingerprint density at radius 3 is 2.59 bits per heavy atom. The number of hydrogen-bond donors (Lipinski definition) is 0. The smallest absolute Gasteiger partial charge is 0.306 e. The van der Waals surface area contributed by atoms with Gasteiger partial charge < -0.3 is 4.74 Å². The highest BCUT2D eigenvalue weighted by molar-refractivity contribution is 7.91. The number of thiazole rings is 1. The largest absolute Gasteiger partial charge is 0.459 e. The molecule has 1 aromatic carbocycles. The molecule has 1 saturated heterocycles. The van der Waals surface area contributed by atoms with Gasteiger partial charge in [-0.15, -0.1) is 11.3 Å². The van der Waals surface area contributed by atoms with Crippen LogP contribution in [-0.4, -0.2) is 36.8 Å². The van der Waals surface area contributed by atoms with E-state index < -0.39 is 15.8 Å². The van der Waals surface area contributed by atoms with E-state index in [-0.39, 0.29) is 36.4 Å². The SMILES string of the molecule is CCc1ccc(N(C(C)=O)c2nc(COC(=O)CC3CCS(=O)(=O)C3)cs2)cc1. The summed E-state index contributed by atoms with van der Waals surface area (Å²) in [5, 5.41) is 2.26. The summed E-state index contributed by atoms with van der Waals surface area (Å²) in [5.74, 6) is -0.569. The predicted molar refractivity (Wildman–Crippen MR) is 112 cm³/mol. The number of carbonyl (C=O) groups excluding carboxylic acids is 2. The Bertz CT molecular complexity index is 983. The third-order valence-corrected chi connectivity index (χ3v) is 7.52. The maximum absolute atomic E-state index is 12.2. The first-order valence-electron chi connectivity index (χ1n) is 9.47. The topological polar surface area (TPSA) is 93.6 Å². The van der Waals surface area contributed by atoms with Crippen LogP contribution in [0.15, 0.2) is 29.6 Å². The van der Waals surface area contributed by atoms with E-state index in [2.05, 4.69) is 11.9 Å². The van der Waals surface area contributed by atoms with Gasteiger partial charge in [0.2, 0.25) is 5.91 Å². The number of anilines is 2. The van der Waals surface area contributed by atoms with Crippen molar-refractivity contribution < 1.29 is 22.7 Å². The van der Waals surface area contributed by atoms with Crippen molar-refractivity contribution in [2.45, 2.75) is 39.7 Å². The molecule has 1 aromatic heterocycles. The molecule has 0 N–H and O–H groups in total. The summed E-state index contributed by atoms with van der Waals surface area (Å²) in [7, 11) is -3.01. The lowest BCUT2D eigenvalue weighted by molar-refractivity contribution is -0.146. The van der Waals surface area contributed by atoms with Crippen LogP contribution in [-0.2, 0) is 37.2 Å². The summed E-state index contributed by atoms with van der Waals surface area (Å²) in [5.41, 5.74) is 2.46. The molecule has 29 heavy (non-hydrogen) atoms. The maximum Gasteiger partial charge on any atom is 0.306 e. The lowest BCUT2D eigenvalue weighted by atomic mass is 10.1. The van der Waals surface area contributed by atoms with E-state index >= 15 is 0 Å². The molecule has 0 saturated carbocycles. The van der Waals surface area contributed by atoms with Crippen molar-refractivity contribution in [1.29, 1.82) is 0 Å². The number of rotatable bonds is 7. The van der Waals surface area contributed by atoms with Gasteiger partial charge in [-0.05, 0) is 36.5 Å². The summed E-state index contributed by atoms with van der Waals surface area (Å²) in [6.07, 6.45) is 1.52. The fourth-order valence-corrected chi connectivity index (χ4v) is 5.99. The first kappa shape index (κ1) is 21.4. The van der Waals surface area contributed by atoms with E-state index in [1.54, 1.807) is 5.38 Å². The van der Waals surface area contributed by atoms with Crippen LogP contribution in [0.3, 0.4) is 0 Å². The lowest BCUT2D eigenvalue weighted by Crippen LogP contribution is -2.22. The lowest BCUT2D eigenvalue weighted by Gasteiger charge is -2.18. The van der Waals surface area contributed by atoms with Gasteiger partial charge in [0, 0.05) is 18.7 Å². The molecule has 2 aromatic rings. The fourth-order valence-electron chi connectivity index (χ4n) is 3.25. The van der Waals surface area contributed by atoms with Gasteiger partial charge >= 0.3 is 5.97 Å². The van der Waals surface area contributed by atoms with Crippen molar-refractivity contribution in [1.82, 2.24) is 4.98 Å². The van der Waals surface area contributed by atoms with Crippen LogP contribution in [0.25, 0.3) is 0 Å². The van der Waals surface area contributed by atoms with Gasteiger partial charge in [-0.25, -0.2) is 13.4 Å². The molecule has 156 valence electrons. The zero-order chi connectivity index (χ0) is 21.0. The van der Waals surface area contributed by atoms with E-state index in [0.29, 0.717) is 17.2 Å². The Labute approximate surface area is 174 Å². The van der Waals surface area contributed by atoms with Gasteiger partial charge in [0.25, 0.3) is 0 Å². The Hall–Kier alpha value is -2.26. The van der Waals surface area contributed by atoms with Crippen molar-refractivity contribution in [3.63, 3.8) is 0 Å². The molecule has 1 aliphatic rings. The normalized spacial score (nSPS) is 17.8. The molecule has 1 unspecified atom stereocenters. The fraction of sp³-hybridized carbons (Fsp3) is 0.450. The number of aromatic nitrogens is 1. The van der Waals surface area contributed by atoms with E-state index in [1.807, 2.05) is 24.3 Å². The molecule has 2 heterocycles. The summed E-state index contributed by atoms with van der Waals surface area (Å²) in [6, 6.07) is 7.73. The van der Waals surface area contributed by atoms with E-state index in [4.69, 9.17) is 4.74 Å². The number of amides is 1. The average molecular weight is 437 g/mol. The number of benzene rings is 1. The number of carbonyl (C=O) groups is 2. The van der Waals surface area contributed by atoms with Crippen molar-refractivity contribution in [3.05, 3.63) is 40.9 Å². The van der Waals surface area contributed by atoms with Crippen molar-refractivity contribution in [2.75, 3.05) is 16.4 Å². The van der Waals surface area contributed by atoms with Crippen LogP contribution in [0.4, 0.5) is 10.8 Å². The average Bonchev–Trinajstić information content (AvgIpc) is 3.26. The summed E-state index contributed by atoms with van der Waals surface area (Å²) in [4.78, 5) is 30.1. The second-order valence-electron chi connectivity index (χ2n) is 7.13.